The predicted octanol–water partition coefficient (Wildman–Crippen LogP) is 4.26. The van der Waals surface area contributed by atoms with Crippen molar-refractivity contribution in [2.45, 2.75) is 46.0 Å². The third kappa shape index (κ3) is 2.77. The summed E-state index contributed by atoms with van der Waals surface area (Å²) in [5.74, 6) is 1.43. The summed E-state index contributed by atoms with van der Waals surface area (Å²) in [6.07, 6.45) is 5.65. The monoisotopic (exact) mass is 230 g/mol. The highest BCUT2D eigenvalue weighted by Crippen LogP contribution is 2.34. The van der Waals surface area contributed by atoms with Crippen molar-refractivity contribution in [3.05, 3.63) is 35.4 Å². The Morgan fingerprint density at radius 2 is 2.12 bits per heavy atom. The number of benzene rings is 1. The minimum absolute atomic E-state index is 0.284. The summed E-state index contributed by atoms with van der Waals surface area (Å²) in [6, 6.07) is 8.15. The summed E-state index contributed by atoms with van der Waals surface area (Å²) in [6.45, 7) is 4.36. The van der Waals surface area contributed by atoms with Gasteiger partial charge in [0.2, 0.25) is 0 Å². The van der Waals surface area contributed by atoms with E-state index in [1.807, 2.05) is 12.1 Å². The zero-order valence-corrected chi connectivity index (χ0v) is 10.9. The highest BCUT2D eigenvalue weighted by molar-refractivity contribution is 5.98. The van der Waals surface area contributed by atoms with Gasteiger partial charge in [-0.25, -0.2) is 0 Å². The summed E-state index contributed by atoms with van der Waals surface area (Å²) in [5.41, 5.74) is 2.19. The topological polar surface area (TPSA) is 17.1 Å². The number of carbonyl (C=O) groups excluding carboxylic acids is 1. The van der Waals surface area contributed by atoms with E-state index in [-0.39, 0.29) is 5.92 Å². The van der Waals surface area contributed by atoms with E-state index in [0.29, 0.717) is 5.78 Å². The molecule has 1 saturated carbocycles. The van der Waals surface area contributed by atoms with E-state index < -0.39 is 0 Å². The van der Waals surface area contributed by atoms with Gasteiger partial charge in [-0.3, -0.25) is 4.79 Å². The van der Waals surface area contributed by atoms with Gasteiger partial charge in [0.05, 0.1) is 0 Å². The van der Waals surface area contributed by atoms with Crippen molar-refractivity contribution in [3.8, 4) is 0 Å². The highest BCUT2D eigenvalue weighted by Gasteiger charge is 2.29. The van der Waals surface area contributed by atoms with Gasteiger partial charge < -0.3 is 0 Å². The maximum absolute atomic E-state index is 12.4. The molecule has 1 aromatic carbocycles. The number of aryl methyl sites for hydroxylation is 1. The van der Waals surface area contributed by atoms with Crippen LogP contribution in [0.1, 0.15) is 55.5 Å². The van der Waals surface area contributed by atoms with Crippen LogP contribution in [0.5, 0.6) is 0 Å². The largest absolute Gasteiger partial charge is 0.294 e. The first-order valence-electron chi connectivity index (χ1n) is 6.87. The molecule has 0 aromatic heterocycles. The van der Waals surface area contributed by atoms with E-state index in [0.717, 1.165) is 30.7 Å². The Bertz CT molecular complexity index is 394. The fourth-order valence-electron chi connectivity index (χ4n) is 2.86. The third-order valence-electron chi connectivity index (χ3n) is 4.11. The molecule has 17 heavy (non-hydrogen) atoms. The molecule has 1 aromatic rings. The molecular formula is C16H22O. The molecule has 1 nitrogen and oxygen atoms in total. The van der Waals surface area contributed by atoms with Crippen LogP contribution in [0.3, 0.4) is 0 Å². The second-order valence-corrected chi connectivity index (χ2v) is 5.20. The van der Waals surface area contributed by atoms with Gasteiger partial charge in [0.1, 0.15) is 0 Å². The molecule has 0 heterocycles. The van der Waals surface area contributed by atoms with Gasteiger partial charge >= 0.3 is 0 Å². The summed E-state index contributed by atoms with van der Waals surface area (Å²) < 4.78 is 0. The highest BCUT2D eigenvalue weighted by atomic mass is 16.1. The second-order valence-electron chi connectivity index (χ2n) is 5.20. The van der Waals surface area contributed by atoms with E-state index in [4.69, 9.17) is 0 Å². The van der Waals surface area contributed by atoms with Crippen molar-refractivity contribution in [1.82, 2.24) is 0 Å². The number of Topliss-reactive ketones (excluding diaryl/α,β-unsaturated/α-hetero) is 1. The van der Waals surface area contributed by atoms with Crippen LogP contribution in [0.15, 0.2) is 24.3 Å². The molecule has 0 aliphatic heterocycles. The first-order chi connectivity index (χ1) is 8.24. The van der Waals surface area contributed by atoms with Gasteiger partial charge in [-0.15, -0.1) is 0 Å². The van der Waals surface area contributed by atoms with Crippen molar-refractivity contribution in [2.75, 3.05) is 0 Å². The first kappa shape index (κ1) is 12.3. The van der Waals surface area contributed by atoms with Crippen molar-refractivity contribution in [1.29, 1.82) is 0 Å². The Morgan fingerprint density at radius 3 is 2.76 bits per heavy atom. The van der Waals surface area contributed by atoms with Crippen LogP contribution in [0.25, 0.3) is 0 Å². The Morgan fingerprint density at radius 1 is 1.29 bits per heavy atom. The van der Waals surface area contributed by atoms with Gasteiger partial charge in [-0.05, 0) is 43.2 Å². The number of hydrogen-bond acceptors (Lipinski definition) is 1. The summed E-state index contributed by atoms with van der Waals surface area (Å²) in [5, 5.41) is 0. The van der Waals surface area contributed by atoms with Crippen LogP contribution in [0.4, 0.5) is 0 Å². The lowest BCUT2D eigenvalue weighted by atomic mass is 9.93. The van der Waals surface area contributed by atoms with Gasteiger partial charge in [0, 0.05) is 11.5 Å². The zero-order chi connectivity index (χ0) is 12.3. The zero-order valence-electron chi connectivity index (χ0n) is 10.9. The fourth-order valence-corrected chi connectivity index (χ4v) is 2.86. The molecule has 2 atom stereocenters. The van der Waals surface area contributed by atoms with E-state index in [1.165, 1.54) is 18.4 Å². The molecule has 0 N–H and O–H groups in total. The van der Waals surface area contributed by atoms with E-state index in [1.54, 1.807) is 0 Å². The predicted molar refractivity (Wildman–Crippen MR) is 71.3 cm³/mol. The molecule has 1 aliphatic carbocycles. The Labute approximate surface area is 104 Å². The number of ketones is 1. The normalized spacial score (nSPS) is 23.9. The van der Waals surface area contributed by atoms with E-state index >= 15 is 0 Å². The van der Waals surface area contributed by atoms with Crippen molar-refractivity contribution in [3.63, 3.8) is 0 Å². The minimum atomic E-state index is 0.284. The fraction of sp³-hybridized carbons (Fsp3) is 0.562. The average Bonchev–Trinajstić information content (AvgIpc) is 2.86. The molecule has 0 bridgehead atoms. The van der Waals surface area contributed by atoms with E-state index in [2.05, 4.69) is 26.0 Å². The molecular weight excluding hydrogens is 208 g/mol. The lowest BCUT2D eigenvalue weighted by Crippen LogP contribution is -2.12. The van der Waals surface area contributed by atoms with Crippen molar-refractivity contribution >= 4 is 5.78 Å². The minimum Gasteiger partial charge on any atom is -0.294 e. The lowest BCUT2D eigenvalue weighted by molar-refractivity contribution is 0.0920. The van der Waals surface area contributed by atoms with Gasteiger partial charge in [0.25, 0.3) is 0 Å². The summed E-state index contributed by atoms with van der Waals surface area (Å²) in [7, 11) is 0. The van der Waals surface area contributed by atoms with Gasteiger partial charge in [-0.1, -0.05) is 38.5 Å². The lowest BCUT2D eigenvalue weighted by Gasteiger charge is -2.10. The van der Waals surface area contributed by atoms with Crippen LogP contribution in [-0.4, -0.2) is 5.78 Å². The first-order valence-corrected chi connectivity index (χ1v) is 6.87. The number of hydrogen-bond donors (Lipinski definition) is 0. The Kier molecular flexibility index (Phi) is 3.98. The standard InChI is InChI=1S/C16H22O/c1-3-12-6-5-7-14(10-12)16(17)15-9-8-13(4-2)11-15/h5-7,10,13,15H,3-4,8-9,11H2,1-2H3. The van der Waals surface area contributed by atoms with Crippen LogP contribution >= 0.6 is 0 Å². The molecule has 2 rings (SSSR count). The third-order valence-corrected chi connectivity index (χ3v) is 4.11. The van der Waals surface area contributed by atoms with E-state index in [9.17, 15) is 4.79 Å². The number of carbonyl (C=O) groups is 1. The maximum atomic E-state index is 12.4. The molecule has 1 fully saturated rings. The molecule has 0 spiro atoms. The maximum Gasteiger partial charge on any atom is 0.165 e. The van der Waals surface area contributed by atoms with Crippen LogP contribution in [0.2, 0.25) is 0 Å². The summed E-state index contributed by atoms with van der Waals surface area (Å²) in [4.78, 5) is 12.4. The second kappa shape index (κ2) is 5.48. The van der Waals surface area contributed by atoms with Crippen LogP contribution < -0.4 is 0 Å². The molecule has 0 amide bonds. The van der Waals surface area contributed by atoms with Gasteiger partial charge in [0.15, 0.2) is 5.78 Å². The van der Waals surface area contributed by atoms with Crippen LogP contribution in [0, 0.1) is 11.8 Å². The summed E-state index contributed by atoms with van der Waals surface area (Å²) >= 11 is 0. The van der Waals surface area contributed by atoms with Crippen LogP contribution in [-0.2, 0) is 6.42 Å². The molecule has 2 unspecified atom stereocenters. The smallest absolute Gasteiger partial charge is 0.165 e. The molecule has 1 aliphatic rings. The quantitative estimate of drug-likeness (QED) is 0.706. The Hall–Kier alpha value is -1.11. The van der Waals surface area contributed by atoms with Crippen molar-refractivity contribution in [2.24, 2.45) is 11.8 Å². The number of rotatable bonds is 4. The van der Waals surface area contributed by atoms with Crippen molar-refractivity contribution < 1.29 is 4.79 Å². The molecule has 0 radical (unpaired) electrons. The average molecular weight is 230 g/mol. The molecule has 1 heteroatoms. The van der Waals surface area contributed by atoms with Gasteiger partial charge in [-0.2, -0.15) is 0 Å². The Balaban J connectivity index is 2.09. The molecule has 92 valence electrons. The SMILES string of the molecule is CCc1cccc(C(=O)C2CCC(CC)C2)c1. The molecule has 0 saturated heterocycles.